The maximum Gasteiger partial charge on any atom is 0.225 e. The summed E-state index contributed by atoms with van der Waals surface area (Å²) in [4.78, 5) is 8.13. The van der Waals surface area contributed by atoms with E-state index in [4.69, 9.17) is 10.5 Å². The van der Waals surface area contributed by atoms with Crippen LogP contribution in [0.1, 0.15) is 6.92 Å². The van der Waals surface area contributed by atoms with E-state index in [1.54, 1.807) is 6.07 Å². The third-order valence-electron chi connectivity index (χ3n) is 1.59. The standard InChI is InChI=1S/C10H15BrN4O/c1-7(2)6-16-4-3-13-10-14-8(11)5-9(12)15-10/h5H,1,3-4,6H2,2H3,(H3,12,13,14,15). The van der Waals surface area contributed by atoms with E-state index in [0.717, 1.165) is 5.57 Å². The number of nitrogens with one attached hydrogen (secondary N) is 1. The van der Waals surface area contributed by atoms with E-state index in [0.29, 0.717) is 36.1 Å². The predicted molar refractivity (Wildman–Crippen MR) is 68.3 cm³/mol. The molecule has 0 aliphatic heterocycles. The molecule has 0 amide bonds. The van der Waals surface area contributed by atoms with Gasteiger partial charge in [-0.05, 0) is 22.9 Å². The van der Waals surface area contributed by atoms with Crippen LogP contribution in [-0.2, 0) is 4.74 Å². The summed E-state index contributed by atoms with van der Waals surface area (Å²) in [6.07, 6.45) is 0. The summed E-state index contributed by atoms with van der Waals surface area (Å²) < 4.78 is 5.97. The van der Waals surface area contributed by atoms with Gasteiger partial charge in [-0.25, -0.2) is 4.98 Å². The van der Waals surface area contributed by atoms with E-state index in [-0.39, 0.29) is 0 Å². The van der Waals surface area contributed by atoms with Gasteiger partial charge < -0.3 is 15.8 Å². The van der Waals surface area contributed by atoms with Gasteiger partial charge in [0.25, 0.3) is 0 Å². The number of aromatic nitrogens is 2. The van der Waals surface area contributed by atoms with Crippen molar-refractivity contribution in [2.24, 2.45) is 0 Å². The molecular formula is C10H15BrN4O. The molecule has 1 aromatic rings. The molecule has 0 spiro atoms. The number of hydrogen-bond donors (Lipinski definition) is 2. The second-order valence-corrected chi connectivity index (χ2v) is 4.19. The lowest BCUT2D eigenvalue weighted by Crippen LogP contribution is -2.12. The summed E-state index contributed by atoms with van der Waals surface area (Å²) in [5.41, 5.74) is 6.57. The number of hydrogen-bond acceptors (Lipinski definition) is 5. The van der Waals surface area contributed by atoms with Crippen LogP contribution in [0.3, 0.4) is 0 Å². The molecule has 1 rings (SSSR count). The Morgan fingerprint density at radius 2 is 2.38 bits per heavy atom. The average Bonchev–Trinajstić information content (AvgIpc) is 2.15. The molecule has 0 radical (unpaired) electrons. The van der Waals surface area contributed by atoms with Gasteiger partial charge in [-0.1, -0.05) is 12.2 Å². The van der Waals surface area contributed by atoms with Gasteiger partial charge in [0, 0.05) is 12.6 Å². The van der Waals surface area contributed by atoms with E-state index in [1.807, 2.05) is 6.92 Å². The molecular weight excluding hydrogens is 272 g/mol. The Morgan fingerprint density at radius 1 is 1.62 bits per heavy atom. The van der Waals surface area contributed by atoms with Gasteiger partial charge >= 0.3 is 0 Å². The Bertz CT molecular complexity index is 350. The van der Waals surface area contributed by atoms with Crippen molar-refractivity contribution in [2.45, 2.75) is 6.92 Å². The van der Waals surface area contributed by atoms with Gasteiger partial charge in [0.1, 0.15) is 10.4 Å². The van der Waals surface area contributed by atoms with Gasteiger partial charge in [-0.15, -0.1) is 0 Å². The van der Waals surface area contributed by atoms with Crippen LogP contribution in [0.2, 0.25) is 0 Å². The third-order valence-corrected chi connectivity index (χ3v) is 2.00. The molecule has 5 nitrogen and oxygen atoms in total. The molecule has 0 bridgehead atoms. The molecule has 0 unspecified atom stereocenters. The Kier molecular flexibility index (Phi) is 5.21. The van der Waals surface area contributed by atoms with Crippen LogP contribution in [0, 0.1) is 0 Å². The smallest absolute Gasteiger partial charge is 0.225 e. The van der Waals surface area contributed by atoms with Gasteiger partial charge in [-0.2, -0.15) is 4.98 Å². The summed E-state index contributed by atoms with van der Waals surface area (Å²) in [6, 6.07) is 1.64. The first kappa shape index (κ1) is 12.9. The Balaban J connectivity index is 2.29. The minimum atomic E-state index is 0.423. The summed E-state index contributed by atoms with van der Waals surface area (Å²) in [7, 11) is 0. The van der Waals surface area contributed by atoms with E-state index in [1.165, 1.54) is 0 Å². The van der Waals surface area contributed by atoms with Crippen LogP contribution in [0.5, 0.6) is 0 Å². The Morgan fingerprint density at radius 3 is 3.00 bits per heavy atom. The fourth-order valence-electron chi connectivity index (χ4n) is 0.995. The predicted octanol–water partition coefficient (Wildman–Crippen LogP) is 1.83. The zero-order valence-corrected chi connectivity index (χ0v) is 10.7. The van der Waals surface area contributed by atoms with Crippen molar-refractivity contribution in [3.05, 3.63) is 22.8 Å². The van der Waals surface area contributed by atoms with E-state index < -0.39 is 0 Å². The minimum absolute atomic E-state index is 0.423. The van der Waals surface area contributed by atoms with Crippen molar-refractivity contribution >= 4 is 27.7 Å². The number of nitrogen functional groups attached to an aromatic ring is 1. The second kappa shape index (κ2) is 6.44. The van der Waals surface area contributed by atoms with E-state index in [2.05, 4.69) is 37.8 Å². The minimum Gasteiger partial charge on any atom is -0.383 e. The molecule has 16 heavy (non-hydrogen) atoms. The van der Waals surface area contributed by atoms with Crippen LogP contribution in [0.25, 0.3) is 0 Å². The normalized spacial score (nSPS) is 10.1. The number of ether oxygens (including phenoxy) is 1. The largest absolute Gasteiger partial charge is 0.383 e. The van der Waals surface area contributed by atoms with Gasteiger partial charge in [0.15, 0.2) is 0 Å². The first-order valence-corrected chi connectivity index (χ1v) is 5.63. The van der Waals surface area contributed by atoms with Crippen LogP contribution < -0.4 is 11.1 Å². The molecule has 0 aromatic carbocycles. The van der Waals surface area contributed by atoms with Crippen molar-refractivity contribution < 1.29 is 4.74 Å². The highest BCUT2D eigenvalue weighted by Gasteiger charge is 1.99. The van der Waals surface area contributed by atoms with Crippen LogP contribution in [0.4, 0.5) is 11.8 Å². The van der Waals surface area contributed by atoms with Crippen molar-refractivity contribution in [2.75, 3.05) is 30.8 Å². The zero-order chi connectivity index (χ0) is 12.0. The topological polar surface area (TPSA) is 73.1 Å². The number of nitrogens with zero attached hydrogens (tertiary/aromatic N) is 2. The monoisotopic (exact) mass is 286 g/mol. The van der Waals surface area contributed by atoms with Crippen molar-refractivity contribution in [1.29, 1.82) is 0 Å². The zero-order valence-electron chi connectivity index (χ0n) is 9.16. The van der Waals surface area contributed by atoms with Gasteiger partial charge in [-0.3, -0.25) is 0 Å². The molecule has 0 saturated heterocycles. The highest BCUT2D eigenvalue weighted by atomic mass is 79.9. The van der Waals surface area contributed by atoms with Crippen molar-refractivity contribution in [1.82, 2.24) is 9.97 Å². The van der Waals surface area contributed by atoms with Gasteiger partial charge in [0.2, 0.25) is 5.95 Å². The third kappa shape index (κ3) is 5.09. The Hall–Kier alpha value is -1.14. The molecule has 6 heteroatoms. The van der Waals surface area contributed by atoms with Crippen molar-refractivity contribution in [3.8, 4) is 0 Å². The summed E-state index contributed by atoms with van der Waals surface area (Å²) >= 11 is 3.24. The molecule has 0 saturated carbocycles. The SMILES string of the molecule is C=C(C)COCCNc1nc(N)cc(Br)n1. The lowest BCUT2D eigenvalue weighted by Gasteiger charge is -2.06. The highest BCUT2D eigenvalue weighted by molar-refractivity contribution is 9.10. The highest BCUT2D eigenvalue weighted by Crippen LogP contribution is 2.11. The first-order chi connectivity index (χ1) is 7.58. The molecule has 1 aromatic heterocycles. The number of nitrogens with two attached hydrogens (primary N) is 1. The maximum atomic E-state index is 5.57. The van der Waals surface area contributed by atoms with Crippen LogP contribution in [-0.4, -0.2) is 29.7 Å². The lowest BCUT2D eigenvalue weighted by atomic mass is 10.4. The molecule has 0 fully saturated rings. The summed E-state index contributed by atoms with van der Waals surface area (Å²) in [6.45, 7) is 7.44. The van der Waals surface area contributed by atoms with E-state index >= 15 is 0 Å². The van der Waals surface area contributed by atoms with Crippen LogP contribution >= 0.6 is 15.9 Å². The fourth-order valence-corrected chi connectivity index (χ4v) is 1.40. The van der Waals surface area contributed by atoms with Gasteiger partial charge in [0.05, 0.1) is 13.2 Å². The number of rotatable bonds is 6. The number of halogens is 1. The Labute approximate surface area is 103 Å². The average molecular weight is 287 g/mol. The summed E-state index contributed by atoms with van der Waals surface area (Å²) in [5, 5.41) is 3.01. The fraction of sp³-hybridized carbons (Fsp3) is 0.400. The molecule has 88 valence electrons. The quantitative estimate of drug-likeness (QED) is 0.474. The number of anilines is 2. The second-order valence-electron chi connectivity index (χ2n) is 3.38. The summed E-state index contributed by atoms with van der Waals surface area (Å²) in [5.74, 6) is 0.915. The molecule has 1 heterocycles. The van der Waals surface area contributed by atoms with E-state index in [9.17, 15) is 0 Å². The molecule has 0 atom stereocenters. The molecule has 0 aliphatic rings. The maximum absolute atomic E-state index is 5.57. The molecule has 3 N–H and O–H groups in total. The molecule has 0 aliphatic carbocycles. The lowest BCUT2D eigenvalue weighted by molar-refractivity contribution is 0.167. The first-order valence-electron chi connectivity index (χ1n) is 4.84. The van der Waals surface area contributed by atoms with Crippen LogP contribution in [0.15, 0.2) is 22.8 Å². The van der Waals surface area contributed by atoms with Crippen molar-refractivity contribution in [3.63, 3.8) is 0 Å².